The Morgan fingerprint density at radius 2 is 2.00 bits per heavy atom. The van der Waals surface area contributed by atoms with Crippen LogP contribution in [0.5, 0.6) is 5.75 Å². The molecule has 0 aliphatic carbocycles. The van der Waals surface area contributed by atoms with Crippen LogP contribution in [0.1, 0.15) is 15.9 Å². The van der Waals surface area contributed by atoms with E-state index in [1.54, 1.807) is 10.9 Å². The van der Waals surface area contributed by atoms with Crippen molar-refractivity contribution in [2.45, 2.75) is 6.54 Å². The monoisotopic (exact) mass is 471 g/mol. The summed E-state index contributed by atoms with van der Waals surface area (Å²) in [7, 11) is 3.28. The van der Waals surface area contributed by atoms with Crippen molar-refractivity contribution in [1.82, 2.24) is 30.3 Å². The van der Waals surface area contributed by atoms with Gasteiger partial charge in [0.15, 0.2) is 5.82 Å². The number of aromatic nitrogens is 5. The number of carbonyl (C=O) groups is 1. The minimum atomic E-state index is -0.508. The topological polar surface area (TPSA) is 124 Å². The second-order valence-corrected chi connectivity index (χ2v) is 7.98. The molecule has 0 saturated heterocycles. The van der Waals surface area contributed by atoms with E-state index in [0.717, 1.165) is 34.0 Å². The van der Waals surface area contributed by atoms with Crippen molar-refractivity contribution in [2.75, 3.05) is 12.8 Å². The van der Waals surface area contributed by atoms with Gasteiger partial charge in [-0.3, -0.25) is 19.6 Å². The zero-order chi connectivity index (χ0) is 24.5. The highest BCUT2D eigenvalue weighted by molar-refractivity contribution is 6.05. The lowest BCUT2D eigenvalue weighted by Crippen LogP contribution is -2.23. The van der Waals surface area contributed by atoms with Crippen molar-refractivity contribution in [1.29, 1.82) is 0 Å². The lowest BCUT2D eigenvalue weighted by Gasteiger charge is -2.10. The number of amides is 1. The minimum Gasteiger partial charge on any atom is -0.496 e. The molecule has 4 N–H and O–H groups in total. The number of aromatic amines is 1. The van der Waals surface area contributed by atoms with E-state index in [1.165, 1.54) is 19.2 Å². The molecule has 0 unspecified atom stereocenters. The maximum absolute atomic E-state index is 13.6. The summed E-state index contributed by atoms with van der Waals surface area (Å²) in [5, 5.41) is 15.1. The number of halogens is 1. The second-order valence-electron chi connectivity index (χ2n) is 7.98. The Labute approximate surface area is 199 Å². The smallest absolute Gasteiger partial charge is 0.255 e. The molecule has 0 bridgehead atoms. The zero-order valence-electron chi connectivity index (χ0n) is 19.0. The quantitative estimate of drug-likeness (QED) is 0.347. The van der Waals surface area contributed by atoms with E-state index in [1.807, 2.05) is 43.6 Å². The highest BCUT2D eigenvalue weighted by Gasteiger charge is 2.18. The summed E-state index contributed by atoms with van der Waals surface area (Å²) in [5.41, 5.74) is 11.0. The van der Waals surface area contributed by atoms with E-state index in [4.69, 9.17) is 10.5 Å². The van der Waals surface area contributed by atoms with Crippen molar-refractivity contribution in [2.24, 2.45) is 7.05 Å². The average Bonchev–Trinajstić information content (AvgIpc) is 3.48. The van der Waals surface area contributed by atoms with E-state index < -0.39 is 11.7 Å². The lowest BCUT2D eigenvalue weighted by atomic mass is 10.0. The number of nitrogens with zero attached hydrogens (tertiary/aromatic N) is 4. The highest BCUT2D eigenvalue weighted by Crippen LogP contribution is 2.35. The fraction of sp³-hybridized carbons (Fsp3) is 0.120. The van der Waals surface area contributed by atoms with Crippen LogP contribution in [-0.2, 0) is 13.6 Å². The van der Waals surface area contributed by atoms with Gasteiger partial charge in [-0.25, -0.2) is 4.39 Å². The number of nitrogens with one attached hydrogen (secondary N) is 2. The van der Waals surface area contributed by atoms with Crippen LogP contribution in [0.2, 0.25) is 0 Å². The van der Waals surface area contributed by atoms with Crippen LogP contribution in [0.3, 0.4) is 0 Å². The molecular formula is C25H22FN7O2. The number of ether oxygens (including phenoxy) is 1. The van der Waals surface area contributed by atoms with E-state index >= 15 is 0 Å². The number of fused-ring (bicyclic) bond motifs is 1. The summed E-state index contributed by atoms with van der Waals surface area (Å²) in [6.45, 7) is 0.258. The lowest BCUT2D eigenvalue weighted by molar-refractivity contribution is 0.0947. The SMILES string of the molecule is COc1ccc(F)cc1C(=O)NCc1ccc(-c2ncc(-c3ccn(C)n3)c3[nH]nc(N)c23)cc1. The van der Waals surface area contributed by atoms with Crippen molar-refractivity contribution in [3.05, 3.63) is 77.9 Å². The van der Waals surface area contributed by atoms with Crippen LogP contribution in [-0.4, -0.2) is 38.0 Å². The van der Waals surface area contributed by atoms with Crippen LogP contribution < -0.4 is 15.8 Å². The number of pyridine rings is 1. The molecule has 0 radical (unpaired) electrons. The van der Waals surface area contributed by atoms with E-state index in [2.05, 4.69) is 25.6 Å². The van der Waals surface area contributed by atoms with Gasteiger partial charge in [-0.15, -0.1) is 0 Å². The Balaban J connectivity index is 1.38. The molecule has 10 heteroatoms. The summed E-state index contributed by atoms with van der Waals surface area (Å²) in [4.78, 5) is 17.2. The van der Waals surface area contributed by atoms with Crippen LogP contribution >= 0.6 is 0 Å². The van der Waals surface area contributed by atoms with Crippen molar-refractivity contribution >= 4 is 22.6 Å². The zero-order valence-corrected chi connectivity index (χ0v) is 19.0. The highest BCUT2D eigenvalue weighted by atomic mass is 19.1. The normalized spacial score (nSPS) is 11.1. The molecule has 176 valence electrons. The Kier molecular flexibility index (Phi) is 5.61. The molecule has 2 aromatic carbocycles. The van der Waals surface area contributed by atoms with Crippen molar-refractivity contribution in [3.63, 3.8) is 0 Å². The van der Waals surface area contributed by atoms with Gasteiger partial charge in [0.2, 0.25) is 0 Å². The van der Waals surface area contributed by atoms with Gasteiger partial charge in [-0.05, 0) is 29.8 Å². The summed E-state index contributed by atoms with van der Waals surface area (Å²) in [5.74, 6) is -0.279. The molecule has 5 aromatic rings. The number of methoxy groups -OCH3 is 1. The molecule has 1 amide bonds. The van der Waals surface area contributed by atoms with Crippen molar-refractivity contribution < 1.29 is 13.9 Å². The molecule has 9 nitrogen and oxygen atoms in total. The molecule has 0 fully saturated rings. The van der Waals surface area contributed by atoms with Gasteiger partial charge in [0.05, 0.1) is 35.0 Å². The molecule has 5 rings (SSSR count). The molecular weight excluding hydrogens is 449 g/mol. The predicted octanol–water partition coefficient (Wildman–Crippen LogP) is 3.69. The summed E-state index contributed by atoms with van der Waals surface area (Å²) in [6.07, 6.45) is 3.61. The van der Waals surface area contributed by atoms with Gasteiger partial charge in [-0.1, -0.05) is 24.3 Å². The third kappa shape index (κ3) is 4.17. The number of rotatable bonds is 6. The van der Waals surface area contributed by atoms with Crippen molar-refractivity contribution in [3.8, 4) is 28.3 Å². The van der Waals surface area contributed by atoms with Crippen LogP contribution in [0.4, 0.5) is 10.2 Å². The van der Waals surface area contributed by atoms with Gasteiger partial charge >= 0.3 is 0 Å². The molecule has 3 aromatic heterocycles. The fourth-order valence-electron chi connectivity index (χ4n) is 3.94. The summed E-state index contributed by atoms with van der Waals surface area (Å²) in [6, 6.07) is 13.3. The number of nitrogens with two attached hydrogens (primary N) is 1. The molecule has 3 heterocycles. The Bertz CT molecular complexity index is 1540. The number of H-pyrrole nitrogens is 1. The standard InChI is InChI=1S/C25H22FN7O2/c1-33-10-9-19(32-33)18-13-28-22(21-23(18)30-31-24(21)27)15-5-3-14(4-6-15)12-29-25(34)17-11-16(26)7-8-20(17)35-2/h3-11,13H,12H2,1-2H3,(H,29,34)(H3,27,30,31). The fourth-order valence-corrected chi connectivity index (χ4v) is 3.94. The maximum atomic E-state index is 13.6. The summed E-state index contributed by atoms with van der Waals surface area (Å²) < 4.78 is 20.5. The second kappa shape index (κ2) is 8.90. The Hall–Kier alpha value is -4.73. The van der Waals surface area contributed by atoms with Crippen LogP contribution in [0.25, 0.3) is 33.4 Å². The van der Waals surface area contributed by atoms with Crippen LogP contribution in [0.15, 0.2) is 60.9 Å². The largest absolute Gasteiger partial charge is 0.496 e. The minimum absolute atomic E-state index is 0.138. The molecule has 0 aliphatic rings. The van der Waals surface area contributed by atoms with Gasteiger partial charge in [-0.2, -0.15) is 10.2 Å². The van der Waals surface area contributed by atoms with E-state index in [0.29, 0.717) is 22.6 Å². The summed E-state index contributed by atoms with van der Waals surface area (Å²) >= 11 is 0. The molecule has 0 aliphatic heterocycles. The van der Waals surface area contributed by atoms with Gasteiger partial charge < -0.3 is 15.8 Å². The first-order valence-electron chi connectivity index (χ1n) is 10.8. The van der Waals surface area contributed by atoms with Gasteiger partial charge in [0.25, 0.3) is 5.91 Å². The number of benzene rings is 2. The third-order valence-corrected chi connectivity index (χ3v) is 5.70. The molecule has 35 heavy (non-hydrogen) atoms. The van der Waals surface area contributed by atoms with Crippen LogP contribution in [0, 0.1) is 5.82 Å². The van der Waals surface area contributed by atoms with E-state index in [-0.39, 0.29) is 12.1 Å². The predicted molar refractivity (Wildman–Crippen MR) is 130 cm³/mol. The Morgan fingerprint density at radius 3 is 2.71 bits per heavy atom. The van der Waals surface area contributed by atoms with Gasteiger partial charge in [0, 0.05) is 37.1 Å². The van der Waals surface area contributed by atoms with Gasteiger partial charge in [0.1, 0.15) is 11.6 Å². The number of nitrogen functional groups attached to an aromatic ring is 1. The average molecular weight is 471 g/mol. The molecule has 0 atom stereocenters. The number of carbonyl (C=O) groups excluding carboxylic acids is 1. The Morgan fingerprint density at radius 1 is 1.20 bits per heavy atom. The number of aryl methyl sites for hydroxylation is 1. The number of anilines is 1. The third-order valence-electron chi connectivity index (χ3n) is 5.70. The maximum Gasteiger partial charge on any atom is 0.255 e. The number of hydrogen-bond donors (Lipinski definition) is 3. The van der Waals surface area contributed by atoms with E-state index in [9.17, 15) is 9.18 Å². The molecule has 0 spiro atoms. The number of hydrogen-bond acceptors (Lipinski definition) is 6. The first-order chi connectivity index (χ1) is 16.9. The first-order valence-corrected chi connectivity index (χ1v) is 10.8. The molecule has 0 saturated carbocycles. The first kappa shape index (κ1) is 22.1.